The number of hydrogen-bond acceptors (Lipinski definition) is 3. The van der Waals surface area contributed by atoms with Crippen LogP contribution in [0.25, 0.3) is 0 Å². The molecule has 0 radical (unpaired) electrons. The maximum atomic E-state index is 12.9. The molecular weight excluding hydrogens is 326 g/mol. The first-order valence-corrected chi connectivity index (χ1v) is 9.59. The molecule has 2 bridgehead atoms. The Kier molecular flexibility index (Phi) is 5.47. The lowest BCUT2D eigenvalue weighted by Gasteiger charge is -2.24. The van der Waals surface area contributed by atoms with Crippen molar-refractivity contribution in [2.75, 3.05) is 0 Å². The van der Waals surface area contributed by atoms with E-state index in [9.17, 15) is 9.59 Å². The van der Waals surface area contributed by atoms with Crippen molar-refractivity contribution in [3.63, 3.8) is 0 Å². The molecule has 140 valence electrons. The lowest BCUT2D eigenvalue weighted by Crippen LogP contribution is -2.45. The predicted octanol–water partition coefficient (Wildman–Crippen LogP) is 2.84. The zero-order valence-electron chi connectivity index (χ0n) is 15.8. The van der Waals surface area contributed by atoms with Gasteiger partial charge in [0.1, 0.15) is 0 Å². The predicted molar refractivity (Wildman–Crippen MR) is 102 cm³/mol. The Hall–Kier alpha value is -2.14. The Morgan fingerprint density at radius 1 is 1.23 bits per heavy atom. The van der Waals surface area contributed by atoms with E-state index in [4.69, 9.17) is 5.73 Å². The molecule has 0 aromatic heterocycles. The Labute approximate surface area is 155 Å². The molecule has 5 atom stereocenters. The van der Waals surface area contributed by atoms with Crippen LogP contribution in [-0.2, 0) is 9.59 Å². The largest absolute Gasteiger partial charge is 0.348 e. The van der Waals surface area contributed by atoms with Gasteiger partial charge >= 0.3 is 0 Å². The van der Waals surface area contributed by atoms with Gasteiger partial charge in [-0.2, -0.15) is 0 Å². The van der Waals surface area contributed by atoms with Gasteiger partial charge in [-0.15, -0.1) is 0 Å². The van der Waals surface area contributed by atoms with Crippen molar-refractivity contribution in [1.29, 1.82) is 0 Å². The molecule has 26 heavy (non-hydrogen) atoms. The normalized spacial score (nSPS) is 24.4. The number of nitrogens with two attached hydrogens (primary N) is 1. The van der Waals surface area contributed by atoms with E-state index >= 15 is 0 Å². The average molecular weight is 355 g/mol. The SMILES string of the molecule is CCC(C)C(C=CC(=O)N1C2CCC1c1ccccc12)NC(=O)C(C)N. The van der Waals surface area contributed by atoms with Crippen molar-refractivity contribution in [3.05, 3.63) is 47.5 Å². The van der Waals surface area contributed by atoms with E-state index in [1.54, 1.807) is 13.0 Å². The van der Waals surface area contributed by atoms with Crippen LogP contribution < -0.4 is 11.1 Å². The van der Waals surface area contributed by atoms with Gasteiger partial charge in [-0.3, -0.25) is 9.59 Å². The van der Waals surface area contributed by atoms with Crippen molar-refractivity contribution in [3.8, 4) is 0 Å². The highest BCUT2D eigenvalue weighted by Gasteiger charge is 2.45. The lowest BCUT2D eigenvalue weighted by molar-refractivity contribution is -0.128. The molecule has 3 rings (SSSR count). The van der Waals surface area contributed by atoms with Crippen molar-refractivity contribution in [2.24, 2.45) is 11.7 Å². The summed E-state index contributed by atoms with van der Waals surface area (Å²) < 4.78 is 0. The van der Waals surface area contributed by atoms with Crippen molar-refractivity contribution in [2.45, 2.75) is 64.2 Å². The smallest absolute Gasteiger partial charge is 0.247 e. The third-order valence-electron chi connectivity index (χ3n) is 5.78. The van der Waals surface area contributed by atoms with Gasteiger partial charge in [0.2, 0.25) is 11.8 Å². The maximum absolute atomic E-state index is 12.9. The van der Waals surface area contributed by atoms with Crippen LogP contribution in [0.2, 0.25) is 0 Å². The van der Waals surface area contributed by atoms with E-state index in [0.29, 0.717) is 0 Å². The molecular formula is C21H29N3O2. The van der Waals surface area contributed by atoms with Gasteiger partial charge in [-0.25, -0.2) is 0 Å². The van der Waals surface area contributed by atoms with Crippen LogP contribution in [0.15, 0.2) is 36.4 Å². The highest BCUT2D eigenvalue weighted by molar-refractivity contribution is 5.89. The highest BCUT2D eigenvalue weighted by atomic mass is 16.2. The van der Waals surface area contributed by atoms with Gasteiger partial charge in [-0.1, -0.05) is 50.6 Å². The summed E-state index contributed by atoms with van der Waals surface area (Å²) in [4.78, 5) is 26.9. The molecule has 1 aromatic rings. The summed E-state index contributed by atoms with van der Waals surface area (Å²) in [7, 11) is 0. The van der Waals surface area contributed by atoms with Crippen LogP contribution >= 0.6 is 0 Å². The number of nitrogens with one attached hydrogen (secondary N) is 1. The van der Waals surface area contributed by atoms with Crippen LogP contribution in [0.4, 0.5) is 0 Å². The molecule has 0 spiro atoms. The Bertz CT molecular complexity index is 682. The van der Waals surface area contributed by atoms with Crippen molar-refractivity contribution in [1.82, 2.24) is 10.2 Å². The minimum absolute atomic E-state index is 0.0250. The monoisotopic (exact) mass is 355 g/mol. The number of amides is 2. The second-order valence-corrected chi connectivity index (χ2v) is 7.55. The topological polar surface area (TPSA) is 75.4 Å². The zero-order chi connectivity index (χ0) is 18.8. The summed E-state index contributed by atoms with van der Waals surface area (Å²) in [6, 6.07) is 7.98. The van der Waals surface area contributed by atoms with Crippen LogP contribution in [0.3, 0.4) is 0 Å². The summed E-state index contributed by atoms with van der Waals surface area (Å²) in [5, 5.41) is 2.95. The molecule has 0 saturated carbocycles. The number of carbonyl (C=O) groups excluding carboxylic acids is 2. The van der Waals surface area contributed by atoms with Gasteiger partial charge in [0, 0.05) is 6.08 Å². The first-order valence-electron chi connectivity index (χ1n) is 9.59. The highest BCUT2D eigenvalue weighted by Crippen LogP contribution is 2.52. The number of nitrogens with zero attached hydrogens (tertiary/aromatic N) is 1. The van der Waals surface area contributed by atoms with E-state index in [1.807, 2.05) is 23.1 Å². The molecule has 2 aliphatic rings. The summed E-state index contributed by atoms with van der Waals surface area (Å²) in [5.74, 6) is 0.0624. The number of carbonyl (C=O) groups is 2. The summed E-state index contributed by atoms with van der Waals surface area (Å²) in [5.41, 5.74) is 8.24. The molecule has 5 heteroatoms. The van der Waals surface area contributed by atoms with E-state index < -0.39 is 6.04 Å². The quantitative estimate of drug-likeness (QED) is 0.771. The fourth-order valence-electron chi connectivity index (χ4n) is 4.05. The van der Waals surface area contributed by atoms with E-state index in [1.165, 1.54) is 11.1 Å². The zero-order valence-corrected chi connectivity index (χ0v) is 15.8. The number of fused-ring (bicyclic) bond motifs is 5. The van der Waals surface area contributed by atoms with E-state index in [0.717, 1.165) is 19.3 Å². The first kappa shape index (κ1) is 18.6. The number of hydrogen-bond donors (Lipinski definition) is 2. The van der Waals surface area contributed by atoms with E-state index in [2.05, 4.69) is 31.3 Å². The molecule has 2 heterocycles. The third kappa shape index (κ3) is 3.40. The standard InChI is InChI=1S/C21H29N3O2/c1-4-13(2)17(23-21(26)14(3)22)9-12-20(25)24-18-10-11-19(24)16-8-6-5-7-15(16)18/h5-9,12-14,17-19H,4,10-11,22H2,1-3H3,(H,23,26). The Morgan fingerprint density at radius 2 is 1.81 bits per heavy atom. The van der Waals surface area contributed by atoms with Crippen molar-refractivity contribution < 1.29 is 9.59 Å². The molecule has 5 nitrogen and oxygen atoms in total. The molecule has 3 N–H and O–H groups in total. The van der Waals surface area contributed by atoms with Crippen LogP contribution in [0.1, 0.15) is 63.2 Å². The summed E-state index contributed by atoms with van der Waals surface area (Å²) >= 11 is 0. The fraction of sp³-hybridized carbons (Fsp3) is 0.524. The molecule has 2 amide bonds. The molecule has 0 aliphatic carbocycles. The Balaban J connectivity index is 1.73. The number of rotatable bonds is 6. The Morgan fingerprint density at radius 3 is 2.31 bits per heavy atom. The van der Waals surface area contributed by atoms with Gasteiger partial charge in [0.05, 0.1) is 24.2 Å². The minimum Gasteiger partial charge on any atom is -0.348 e. The van der Waals surface area contributed by atoms with Crippen LogP contribution in [0, 0.1) is 5.92 Å². The van der Waals surface area contributed by atoms with Crippen LogP contribution in [0.5, 0.6) is 0 Å². The second kappa shape index (κ2) is 7.62. The molecule has 5 unspecified atom stereocenters. The van der Waals surface area contributed by atoms with Gasteiger partial charge < -0.3 is 16.0 Å². The fourth-order valence-corrected chi connectivity index (χ4v) is 4.05. The van der Waals surface area contributed by atoms with Crippen molar-refractivity contribution >= 4 is 11.8 Å². The number of benzene rings is 1. The van der Waals surface area contributed by atoms with Crippen LogP contribution in [-0.4, -0.2) is 28.8 Å². The summed E-state index contributed by atoms with van der Waals surface area (Å²) in [6.45, 7) is 5.80. The third-order valence-corrected chi connectivity index (χ3v) is 5.78. The van der Waals surface area contributed by atoms with E-state index in [-0.39, 0.29) is 35.9 Å². The van der Waals surface area contributed by atoms with Gasteiger partial charge in [-0.05, 0) is 36.8 Å². The molecule has 1 aromatic carbocycles. The molecule has 2 aliphatic heterocycles. The molecule has 1 saturated heterocycles. The maximum Gasteiger partial charge on any atom is 0.247 e. The average Bonchev–Trinajstić information content (AvgIpc) is 3.21. The lowest BCUT2D eigenvalue weighted by atomic mass is 9.92. The second-order valence-electron chi connectivity index (χ2n) is 7.55. The summed E-state index contributed by atoms with van der Waals surface area (Å²) in [6.07, 6.45) is 6.42. The minimum atomic E-state index is -0.561. The van der Waals surface area contributed by atoms with Gasteiger partial charge in [0.25, 0.3) is 0 Å². The first-order chi connectivity index (χ1) is 12.4. The molecule has 1 fully saturated rings. The van der Waals surface area contributed by atoms with Gasteiger partial charge in [0.15, 0.2) is 0 Å².